The van der Waals surface area contributed by atoms with Gasteiger partial charge in [0, 0.05) is 23.6 Å². The van der Waals surface area contributed by atoms with Gasteiger partial charge in [0.25, 0.3) is 5.91 Å². The van der Waals surface area contributed by atoms with E-state index >= 15 is 0 Å². The second-order valence-corrected chi connectivity index (χ2v) is 5.03. The first-order valence-corrected chi connectivity index (χ1v) is 6.84. The molecule has 0 aliphatic carbocycles. The molecule has 2 aromatic rings. The lowest BCUT2D eigenvalue weighted by Gasteiger charge is -2.19. The van der Waals surface area contributed by atoms with Crippen LogP contribution in [0.2, 0.25) is 5.02 Å². The molecule has 21 heavy (non-hydrogen) atoms. The van der Waals surface area contributed by atoms with Gasteiger partial charge in [0.15, 0.2) is 11.5 Å². The van der Waals surface area contributed by atoms with E-state index in [9.17, 15) is 4.79 Å². The van der Waals surface area contributed by atoms with Crippen LogP contribution in [0.5, 0.6) is 11.5 Å². The van der Waals surface area contributed by atoms with Gasteiger partial charge in [0.1, 0.15) is 13.2 Å². The summed E-state index contributed by atoms with van der Waals surface area (Å²) in [5, 5.41) is 3.14. The number of aromatic nitrogens is 1. The zero-order valence-corrected chi connectivity index (χ0v) is 12.1. The average molecular weight is 305 g/mol. The first-order chi connectivity index (χ1) is 10.1. The monoisotopic (exact) mass is 304 g/mol. The number of benzene rings is 1. The number of carbonyl (C=O) groups excluding carboxylic acids is 1. The number of amides is 1. The van der Waals surface area contributed by atoms with E-state index in [1.54, 1.807) is 24.3 Å². The smallest absolute Gasteiger partial charge is 0.258 e. The van der Waals surface area contributed by atoms with Crippen molar-refractivity contribution in [2.45, 2.75) is 6.92 Å². The molecule has 1 aromatic heterocycles. The van der Waals surface area contributed by atoms with Crippen LogP contribution in [0.3, 0.4) is 0 Å². The summed E-state index contributed by atoms with van der Waals surface area (Å²) in [5.74, 6) is 0.977. The molecule has 108 valence electrons. The predicted molar refractivity (Wildman–Crippen MR) is 79.4 cm³/mol. The molecule has 0 radical (unpaired) electrons. The summed E-state index contributed by atoms with van der Waals surface area (Å²) in [5.41, 5.74) is 1.70. The number of hydrogen-bond donors (Lipinski definition) is 1. The van der Waals surface area contributed by atoms with Gasteiger partial charge in [-0.3, -0.25) is 9.78 Å². The van der Waals surface area contributed by atoms with Gasteiger partial charge in [-0.15, -0.1) is 0 Å². The zero-order valence-electron chi connectivity index (χ0n) is 11.4. The molecule has 1 aliphatic rings. The number of fused-ring (bicyclic) bond motifs is 1. The number of nitrogens with one attached hydrogen (secondary N) is 1. The Morgan fingerprint density at radius 1 is 1.24 bits per heavy atom. The number of anilines is 1. The third-order valence-corrected chi connectivity index (χ3v) is 3.35. The van der Waals surface area contributed by atoms with Gasteiger partial charge in [-0.2, -0.15) is 0 Å². The lowest BCUT2D eigenvalue weighted by atomic mass is 10.2. The molecule has 6 heteroatoms. The summed E-state index contributed by atoms with van der Waals surface area (Å²) in [6.45, 7) is 2.84. The SMILES string of the molecule is Cc1cc(Cl)c(C(=O)Nc2ccc3c(c2)OCCO3)cn1. The Labute approximate surface area is 126 Å². The minimum Gasteiger partial charge on any atom is -0.486 e. The van der Waals surface area contributed by atoms with Gasteiger partial charge in [-0.05, 0) is 25.1 Å². The quantitative estimate of drug-likeness (QED) is 0.926. The van der Waals surface area contributed by atoms with Crippen molar-refractivity contribution in [1.82, 2.24) is 4.98 Å². The summed E-state index contributed by atoms with van der Waals surface area (Å²) in [7, 11) is 0. The van der Waals surface area contributed by atoms with E-state index in [2.05, 4.69) is 10.3 Å². The first kappa shape index (κ1) is 13.7. The molecule has 0 saturated heterocycles. The second kappa shape index (κ2) is 5.61. The van der Waals surface area contributed by atoms with Crippen LogP contribution < -0.4 is 14.8 Å². The van der Waals surface area contributed by atoms with E-state index in [0.29, 0.717) is 41.0 Å². The summed E-state index contributed by atoms with van der Waals surface area (Å²) < 4.78 is 10.9. The van der Waals surface area contributed by atoms with Gasteiger partial charge < -0.3 is 14.8 Å². The minimum absolute atomic E-state index is 0.316. The van der Waals surface area contributed by atoms with E-state index in [1.807, 2.05) is 6.92 Å². The highest BCUT2D eigenvalue weighted by Crippen LogP contribution is 2.32. The van der Waals surface area contributed by atoms with Crippen LogP contribution in [0.4, 0.5) is 5.69 Å². The lowest BCUT2D eigenvalue weighted by Crippen LogP contribution is -2.16. The van der Waals surface area contributed by atoms with E-state index in [1.165, 1.54) is 6.20 Å². The summed E-state index contributed by atoms with van der Waals surface area (Å²) in [6, 6.07) is 6.89. The van der Waals surface area contributed by atoms with Crippen molar-refractivity contribution in [3.8, 4) is 11.5 Å². The molecule has 0 bridgehead atoms. The van der Waals surface area contributed by atoms with Crippen molar-refractivity contribution in [3.63, 3.8) is 0 Å². The summed E-state index contributed by atoms with van der Waals surface area (Å²) in [6.07, 6.45) is 1.46. The van der Waals surface area contributed by atoms with Gasteiger partial charge in [0.05, 0.1) is 10.6 Å². The fraction of sp³-hybridized carbons (Fsp3) is 0.200. The molecule has 0 spiro atoms. The van der Waals surface area contributed by atoms with Crippen LogP contribution in [-0.2, 0) is 0 Å². The van der Waals surface area contributed by atoms with Crippen molar-refractivity contribution >= 4 is 23.2 Å². The number of ether oxygens (including phenoxy) is 2. The highest BCUT2D eigenvalue weighted by Gasteiger charge is 2.15. The maximum atomic E-state index is 12.2. The van der Waals surface area contributed by atoms with Crippen molar-refractivity contribution in [3.05, 3.63) is 46.7 Å². The largest absolute Gasteiger partial charge is 0.486 e. The third-order valence-electron chi connectivity index (χ3n) is 3.03. The molecule has 5 nitrogen and oxygen atoms in total. The molecule has 3 rings (SSSR count). The number of rotatable bonds is 2. The number of carbonyl (C=O) groups is 1. The fourth-order valence-corrected chi connectivity index (χ4v) is 2.31. The number of halogens is 1. The van der Waals surface area contributed by atoms with Crippen LogP contribution in [0.1, 0.15) is 16.1 Å². The Hall–Kier alpha value is -2.27. The highest BCUT2D eigenvalue weighted by molar-refractivity contribution is 6.34. The molecule has 0 saturated carbocycles. The Morgan fingerprint density at radius 3 is 2.76 bits per heavy atom. The van der Waals surface area contributed by atoms with E-state index in [-0.39, 0.29) is 5.91 Å². The fourth-order valence-electron chi connectivity index (χ4n) is 2.01. The minimum atomic E-state index is -0.316. The summed E-state index contributed by atoms with van der Waals surface area (Å²) >= 11 is 6.06. The van der Waals surface area contributed by atoms with Gasteiger partial charge in [-0.25, -0.2) is 0 Å². The predicted octanol–water partition coefficient (Wildman–Crippen LogP) is 3.07. The lowest BCUT2D eigenvalue weighted by molar-refractivity contribution is 0.102. The molecule has 2 heterocycles. The van der Waals surface area contributed by atoms with Crippen molar-refractivity contribution in [1.29, 1.82) is 0 Å². The zero-order chi connectivity index (χ0) is 14.8. The molecular weight excluding hydrogens is 292 g/mol. The molecular formula is C15H13ClN2O3. The summed E-state index contributed by atoms with van der Waals surface area (Å²) in [4.78, 5) is 16.3. The average Bonchev–Trinajstić information content (AvgIpc) is 2.47. The number of pyridine rings is 1. The van der Waals surface area contributed by atoms with Crippen LogP contribution in [0.15, 0.2) is 30.5 Å². The van der Waals surface area contributed by atoms with Gasteiger partial charge >= 0.3 is 0 Å². The molecule has 1 aromatic carbocycles. The van der Waals surface area contributed by atoms with E-state index < -0.39 is 0 Å². The van der Waals surface area contributed by atoms with E-state index in [4.69, 9.17) is 21.1 Å². The van der Waals surface area contributed by atoms with Gasteiger partial charge in [0.2, 0.25) is 0 Å². The Balaban J connectivity index is 1.81. The van der Waals surface area contributed by atoms with Crippen LogP contribution in [0, 0.1) is 6.92 Å². The van der Waals surface area contributed by atoms with Gasteiger partial charge in [-0.1, -0.05) is 11.6 Å². The molecule has 1 amide bonds. The standard InChI is InChI=1S/C15H13ClN2O3/c1-9-6-12(16)11(8-17-9)15(19)18-10-2-3-13-14(7-10)21-5-4-20-13/h2-3,6-8H,4-5H2,1H3,(H,18,19). The third kappa shape index (κ3) is 2.92. The second-order valence-electron chi connectivity index (χ2n) is 4.62. The molecule has 1 aliphatic heterocycles. The van der Waals surface area contributed by atoms with Crippen LogP contribution in [-0.4, -0.2) is 24.1 Å². The number of nitrogens with zero attached hydrogens (tertiary/aromatic N) is 1. The molecule has 0 unspecified atom stereocenters. The van der Waals surface area contributed by atoms with Crippen LogP contribution >= 0.6 is 11.6 Å². The van der Waals surface area contributed by atoms with Crippen molar-refractivity contribution < 1.29 is 14.3 Å². The molecule has 1 N–H and O–H groups in total. The topological polar surface area (TPSA) is 60.5 Å². The number of hydrogen-bond acceptors (Lipinski definition) is 4. The highest BCUT2D eigenvalue weighted by atomic mass is 35.5. The van der Waals surface area contributed by atoms with Crippen molar-refractivity contribution in [2.75, 3.05) is 18.5 Å². The maximum Gasteiger partial charge on any atom is 0.258 e. The van der Waals surface area contributed by atoms with Crippen LogP contribution in [0.25, 0.3) is 0 Å². The number of aryl methyl sites for hydroxylation is 1. The molecule has 0 atom stereocenters. The van der Waals surface area contributed by atoms with E-state index in [0.717, 1.165) is 5.69 Å². The molecule has 0 fully saturated rings. The van der Waals surface area contributed by atoms with Crippen molar-refractivity contribution in [2.24, 2.45) is 0 Å². The Bertz CT molecular complexity index is 703. The normalized spacial score (nSPS) is 12.9. The first-order valence-electron chi connectivity index (χ1n) is 6.46. The Morgan fingerprint density at radius 2 is 2.00 bits per heavy atom. The Kier molecular flexibility index (Phi) is 3.66. The maximum absolute atomic E-state index is 12.2.